The van der Waals surface area contributed by atoms with Crippen LogP contribution < -0.4 is 4.74 Å². The van der Waals surface area contributed by atoms with Gasteiger partial charge in [0.1, 0.15) is 13.2 Å². The van der Waals surface area contributed by atoms with Crippen molar-refractivity contribution in [3.05, 3.63) is 70.5 Å². The van der Waals surface area contributed by atoms with Crippen LogP contribution in [0.1, 0.15) is 5.69 Å². The van der Waals surface area contributed by atoms with Crippen LogP contribution in [0.2, 0.25) is 10.0 Å². The van der Waals surface area contributed by atoms with Gasteiger partial charge in [0, 0.05) is 6.08 Å². The summed E-state index contributed by atoms with van der Waals surface area (Å²) in [5, 5.41) is 0.803. The van der Waals surface area contributed by atoms with Gasteiger partial charge in [0.15, 0.2) is 5.75 Å². The Bertz CT molecular complexity index is 940. The highest BCUT2D eigenvalue weighted by molar-refractivity contribution is 6.37. The number of carbonyl (C=O) groups is 1. The van der Waals surface area contributed by atoms with Gasteiger partial charge >= 0.3 is 5.97 Å². The van der Waals surface area contributed by atoms with Gasteiger partial charge in [-0.05, 0) is 30.3 Å². The first-order valence-corrected chi connectivity index (χ1v) is 8.52. The molecule has 7 heteroatoms. The van der Waals surface area contributed by atoms with Crippen LogP contribution in [0, 0.1) is 0 Å². The second-order valence-electron chi connectivity index (χ2n) is 5.18. The van der Waals surface area contributed by atoms with E-state index in [0.717, 1.165) is 11.0 Å². The second kappa shape index (κ2) is 8.65. The maximum Gasteiger partial charge on any atom is 0.330 e. The van der Waals surface area contributed by atoms with Crippen molar-refractivity contribution in [2.24, 2.45) is 0 Å². The van der Waals surface area contributed by atoms with E-state index in [9.17, 15) is 4.79 Å². The van der Waals surface area contributed by atoms with E-state index < -0.39 is 5.97 Å². The molecule has 132 valence electrons. The minimum Gasteiger partial charge on any atom is -0.487 e. The summed E-state index contributed by atoms with van der Waals surface area (Å²) in [6.45, 7) is 0.201. The zero-order chi connectivity index (χ0) is 18.4. The van der Waals surface area contributed by atoms with E-state index in [1.807, 2.05) is 24.3 Å². The van der Waals surface area contributed by atoms with E-state index in [0.29, 0.717) is 21.5 Å². The van der Waals surface area contributed by atoms with Crippen LogP contribution in [0.15, 0.2) is 54.7 Å². The summed E-state index contributed by atoms with van der Waals surface area (Å²) in [6, 6.07) is 12.6. The molecule has 0 spiro atoms. The van der Waals surface area contributed by atoms with Gasteiger partial charge in [-0.3, -0.25) is 4.98 Å². The molecule has 0 amide bonds. The van der Waals surface area contributed by atoms with E-state index in [4.69, 9.17) is 32.7 Å². The third-order valence-corrected chi connectivity index (χ3v) is 3.95. The number of hydrogen-bond acceptors (Lipinski definition) is 5. The molecule has 1 aromatic heterocycles. The largest absolute Gasteiger partial charge is 0.487 e. The molecule has 3 aromatic rings. The van der Waals surface area contributed by atoms with Crippen LogP contribution in [0.5, 0.6) is 5.75 Å². The Balaban J connectivity index is 1.49. The summed E-state index contributed by atoms with van der Waals surface area (Å²) in [5.41, 5.74) is 2.12. The minimum absolute atomic E-state index is 0.0636. The number of halogens is 2. The van der Waals surface area contributed by atoms with E-state index in [-0.39, 0.29) is 13.2 Å². The van der Waals surface area contributed by atoms with Crippen LogP contribution in [0.3, 0.4) is 0 Å². The smallest absolute Gasteiger partial charge is 0.330 e. The van der Waals surface area contributed by atoms with Gasteiger partial charge < -0.3 is 9.47 Å². The first kappa shape index (κ1) is 18.2. The van der Waals surface area contributed by atoms with Crippen LogP contribution in [-0.2, 0) is 9.53 Å². The molecule has 0 aliphatic carbocycles. The van der Waals surface area contributed by atoms with Crippen LogP contribution in [0.4, 0.5) is 0 Å². The predicted molar refractivity (Wildman–Crippen MR) is 101 cm³/mol. The average molecular weight is 389 g/mol. The number of carbonyl (C=O) groups excluding carboxylic acids is 1. The van der Waals surface area contributed by atoms with Crippen molar-refractivity contribution in [1.29, 1.82) is 0 Å². The molecule has 0 atom stereocenters. The molecule has 3 rings (SSSR count). The summed E-state index contributed by atoms with van der Waals surface area (Å²) in [7, 11) is 0. The van der Waals surface area contributed by atoms with Crippen molar-refractivity contribution in [2.45, 2.75) is 0 Å². The molecule has 0 unspecified atom stereocenters. The number of para-hydroxylation sites is 3. The number of hydrogen-bond donors (Lipinski definition) is 0. The summed E-state index contributed by atoms with van der Waals surface area (Å²) >= 11 is 12.0. The minimum atomic E-state index is -0.506. The van der Waals surface area contributed by atoms with Crippen LogP contribution in [0.25, 0.3) is 17.1 Å². The van der Waals surface area contributed by atoms with Crippen LogP contribution >= 0.6 is 23.2 Å². The molecule has 0 aliphatic rings. The number of benzene rings is 2. The van der Waals surface area contributed by atoms with Gasteiger partial charge in [-0.2, -0.15) is 0 Å². The maximum absolute atomic E-state index is 11.8. The summed E-state index contributed by atoms with van der Waals surface area (Å²) in [6.07, 6.45) is 4.43. The van der Waals surface area contributed by atoms with Gasteiger partial charge in [0.05, 0.1) is 33.0 Å². The van der Waals surface area contributed by atoms with Gasteiger partial charge in [0.25, 0.3) is 0 Å². The molecule has 5 nitrogen and oxygen atoms in total. The molecular weight excluding hydrogens is 375 g/mol. The molecule has 1 heterocycles. The number of aromatic nitrogens is 2. The van der Waals surface area contributed by atoms with Crippen molar-refractivity contribution < 1.29 is 14.3 Å². The Morgan fingerprint density at radius 1 is 1.00 bits per heavy atom. The Kier molecular flexibility index (Phi) is 6.04. The monoisotopic (exact) mass is 388 g/mol. The van der Waals surface area contributed by atoms with E-state index in [2.05, 4.69) is 9.97 Å². The lowest BCUT2D eigenvalue weighted by Crippen LogP contribution is -2.10. The molecule has 0 aliphatic heterocycles. The normalized spacial score (nSPS) is 11.0. The van der Waals surface area contributed by atoms with Crippen molar-refractivity contribution >= 4 is 46.3 Å². The zero-order valence-corrected chi connectivity index (χ0v) is 15.1. The molecule has 2 aromatic carbocycles. The van der Waals surface area contributed by atoms with Crippen LogP contribution in [-0.4, -0.2) is 29.2 Å². The lowest BCUT2D eigenvalue weighted by molar-refractivity contribution is -0.138. The third kappa shape index (κ3) is 4.71. The Morgan fingerprint density at radius 2 is 1.73 bits per heavy atom. The lowest BCUT2D eigenvalue weighted by atomic mass is 10.3. The zero-order valence-electron chi connectivity index (χ0n) is 13.6. The van der Waals surface area contributed by atoms with Crippen molar-refractivity contribution in [2.75, 3.05) is 13.2 Å². The highest BCUT2D eigenvalue weighted by Crippen LogP contribution is 2.32. The third-order valence-electron chi connectivity index (χ3n) is 3.35. The first-order chi connectivity index (χ1) is 12.6. The van der Waals surface area contributed by atoms with Crippen molar-refractivity contribution in [3.8, 4) is 5.75 Å². The van der Waals surface area contributed by atoms with Crippen molar-refractivity contribution in [3.63, 3.8) is 0 Å². The lowest BCUT2D eigenvalue weighted by Gasteiger charge is -2.09. The van der Waals surface area contributed by atoms with E-state index in [1.54, 1.807) is 30.5 Å². The average Bonchev–Trinajstić information content (AvgIpc) is 2.65. The van der Waals surface area contributed by atoms with Gasteiger partial charge in [-0.1, -0.05) is 41.4 Å². The quantitative estimate of drug-likeness (QED) is 0.351. The number of esters is 1. The number of nitrogens with zero attached hydrogens (tertiary/aromatic N) is 2. The maximum atomic E-state index is 11.8. The highest BCUT2D eigenvalue weighted by atomic mass is 35.5. The fourth-order valence-electron chi connectivity index (χ4n) is 2.16. The van der Waals surface area contributed by atoms with Crippen molar-refractivity contribution in [1.82, 2.24) is 9.97 Å². The molecule has 26 heavy (non-hydrogen) atoms. The number of rotatable bonds is 6. The molecule has 0 N–H and O–H groups in total. The summed E-state index contributed by atoms with van der Waals surface area (Å²) in [4.78, 5) is 20.4. The van der Waals surface area contributed by atoms with Gasteiger partial charge in [-0.25, -0.2) is 9.78 Å². The Morgan fingerprint density at radius 3 is 2.50 bits per heavy atom. The fraction of sp³-hybridized carbons (Fsp3) is 0.105. The highest BCUT2D eigenvalue weighted by Gasteiger charge is 2.06. The van der Waals surface area contributed by atoms with Gasteiger partial charge in [-0.15, -0.1) is 0 Å². The SMILES string of the molecule is O=C(/C=C/c1cnc2ccccc2n1)OCCOc1c(Cl)cccc1Cl. The topological polar surface area (TPSA) is 61.3 Å². The molecule has 0 radical (unpaired) electrons. The fourth-order valence-corrected chi connectivity index (χ4v) is 2.67. The molecule has 0 bridgehead atoms. The van der Waals surface area contributed by atoms with E-state index in [1.165, 1.54) is 6.08 Å². The molecular formula is C19H14Cl2N2O3. The van der Waals surface area contributed by atoms with E-state index >= 15 is 0 Å². The molecule has 0 saturated carbocycles. The summed E-state index contributed by atoms with van der Waals surface area (Å²) < 4.78 is 10.5. The molecule has 0 saturated heterocycles. The standard InChI is InChI=1S/C19H14Cl2N2O3/c20-14-4-3-5-15(21)19(14)26-11-10-25-18(24)9-8-13-12-22-16-6-1-2-7-17(16)23-13/h1-9,12H,10-11H2/b9-8+. The second-order valence-corrected chi connectivity index (χ2v) is 6.00. The Labute approximate surface area is 160 Å². The number of ether oxygens (including phenoxy) is 2. The first-order valence-electron chi connectivity index (χ1n) is 7.77. The summed E-state index contributed by atoms with van der Waals surface area (Å²) in [5.74, 6) is -0.136. The molecule has 0 fully saturated rings. The predicted octanol–water partition coefficient (Wildman–Crippen LogP) is 4.57. The van der Waals surface area contributed by atoms with Gasteiger partial charge in [0.2, 0.25) is 0 Å². The number of fused-ring (bicyclic) bond motifs is 1. The Hall–Kier alpha value is -2.63.